The van der Waals surface area contributed by atoms with Gasteiger partial charge in [-0.3, -0.25) is 4.79 Å². The van der Waals surface area contributed by atoms with Crippen LogP contribution in [0.15, 0.2) is 40.3 Å². The molecule has 49 heavy (non-hydrogen) atoms. The Morgan fingerprint density at radius 3 is 2.24 bits per heavy atom. The van der Waals surface area contributed by atoms with Crippen molar-refractivity contribution in [3.63, 3.8) is 0 Å². The highest BCUT2D eigenvalue weighted by atomic mass is 32.2. The molecule has 2 unspecified atom stereocenters. The van der Waals surface area contributed by atoms with Crippen LogP contribution >= 0.6 is 0 Å². The molecule has 1 aromatic heterocycles. The molecule has 1 amide bonds. The van der Waals surface area contributed by atoms with Crippen molar-refractivity contribution in [3.8, 4) is 5.88 Å². The Balaban J connectivity index is 0.000000169. The van der Waals surface area contributed by atoms with Gasteiger partial charge in [0, 0.05) is 44.5 Å². The number of benzene rings is 1. The number of carbonyl (C=O) groups excluding carboxylic acids is 1. The van der Waals surface area contributed by atoms with Gasteiger partial charge in [-0.25, -0.2) is 21.8 Å². The summed E-state index contributed by atoms with van der Waals surface area (Å²) in [6.07, 6.45) is 5.23. The van der Waals surface area contributed by atoms with Crippen molar-refractivity contribution in [2.75, 3.05) is 26.7 Å². The molecule has 2 spiro atoms. The third kappa shape index (κ3) is 6.16. The lowest BCUT2D eigenvalue weighted by atomic mass is 9.67. The van der Waals surface area contributed by atoms with Gasteiger partial charge in [0.05, 0.1) is 22.9 Å². The zero-order chi connectivity index (χ0) is 35.6. The molecule has 4 aliphatic heterocycles. The quantitative estimate of drug-likeness (QED) is 0.391. The van der Waals surface area contributed by atoms with Gasteiger partial charge in [-0.1, -0.05) is 38.8 Å². The van der Waals surface area contributed by atoms with Crippen LogP contribution in [0, 0.1) is 10.8 Å². The highest BCUT2D eigenvalue weighted by Crippen LogP contribution is 2.60. The minimum Gasteiger partial charge on any atom is -0.481 e. The first-order valence-corrected chi connectivity index (χ1v) is 20.0. The van der Waals surface area contributed by atoms with Gasteiger partial charge in [0.1, 0.15) is 0 Å². The second-order valence-electron chi connectivity index (χ2n) is 14.2. The number of carbonyl (C=O) groups is 1. The molecule has 2 aliphatic carbocycles. The fourth-order valence-electron chi connectivity index (χ4n) is 8.67. The molecule has 4 fully saturated rings. The number of aromatic nitrogens is 1. The molecule has 270 valence electrons. The molecule has 0 bridgehead atoms. The molecule has 0 radical (unpaired) electrons. The Morgan fingerprint density at radius 1 is 1.02 bits per heavy atom. The first kappa shape index (κ1) is 36.1. The maximum Gasteiger partial charge on any atom is 0.471 e. The lowest BCUT2D eigenvalue weighted by Crippen LogP contribution is -2.44. The Kier molecular flexibility index (Phi) is 9.41. The number of halogens is 3. The third-order valence-electron chi connectivity index (χ3n) is 11.4. The van der Waals surface area contributed by atoms with Gasteiger partial charge in [-0.05, 0) is 85.5 Å². The highest BCUT2D eigenvalue weighted by Gasteiger charge is 2.57. The molecule has 2 saturated carbocycles. The summed E-state index contributed by atoms with van der Waals surface area (Å²) < 4.78 is 98.8. The van der Waals surface area contributed by atoms with Crippen LogP contribution in [0.3, 0.4) is 0 Å². The van der Waals surface area contributed by atoms with Gasteiger partial charge in [-0.2, -0.15) is 21.8 Å². The predicted octanol–water partition coefficient (Wildman–Crippen LogP) is 5.82. The number of sulfonamides is 2. The van der Waals surface area contributed by atoms with E-state index in [0.717, 1.165) is 55.4 Å². The Bertz CT molecular complexity index is 1830. The van der Waals surface area contributed by atoms with E-state index in [4.69, 9.17) is 4.74 Å². The summed E-state index contributed by atoms with van der Waals surface area (Å²) in [5.41, 5.74) is 2.10. The van der Waals surface area contributed by atoms with Crippen LogP contribution in [0.5, 0.6) is 5.88 Å². The smallest absolute Gasteiger partial charge is 0.471 e. The van der Waals surface area contributed by atoms with E-state index in [-0.39, 0.29) is 52.2 Å². The lowest BCUT2D eigenvalue weighted by Gasteiger charge is -2.38. The van der Waals surface area contributed by atoms with Crippen molar-refractivity contribution in [1.29, 1.82) is 0 Å². The largest absolute Gasteiger partial charge is 0.481 e. The zero-order valence-electron chi connectivity index (χ0n) is 28.4. The summed E-state index contributed by atoms with van der Waals surface area (Å²) in [4.78, 5) is 16.8. The number of pyridine rings is 1. The van der Waals surface area contributed by atoms with Crippen molar-refractivity contribution >= 4 is 26.0 Å². The number of fused-ring (bicyclic) bond motifs is 5. The molecule has 10 nitrogen and oxygen atoms in total. The molecular formula is C34H45F3N4O6S2. The first-order valence-electron chi connectivity index (χ1n) is 17.1. The van der Waals surface area contributed by atoms with Crippen LogP contribution in [-0.4, -0.2) is 80.2 Å². The van der Waals surface area contributed by atoms with Gasteiger partial charge in [0.15, 0.2) is 0 Å². The van der Waals surface area contributed by atoms with Crippen molar-refractivity contribution < 1.29 is 39.5 Å². The average Bonchev–Trinajstić information content (AvgIpc) is 3.70. The Labute approximate surface area is 287 Å². The predicted molar refractivity (Wildman–Crippen MR) is 176 cm³/mol. The summed E-state index contributed by atoms with van der Waals surface area (Å²) in [5, 5.41) is 0. The van der Waals surface area contributed by atoms with E-state index in [1.807, 2.05) is 32.9 Å². The fourth-order valence-corrected chi connectivity index (χ4v) is 12.6. The zero-order valence-corrected chi connectivity index (χ0v) is 30.1. The highest BCUT2D eigenvalue weighted by molar-refractivity contribution is 7.89. The fraction of sp³-hybridized carbons (Fsp3) is 0.647. The van der Waals surface area contributed by atoms with Crippen LogP contribution in [0.2, 0.25) is 0 Å². The van der Waals surface area contributed by atoms with E-state index in [2.05, 4.69) is 4.98 Å². The van der Waals surface area contributed by atoms with Crippen molar-refractivity contribution in [2.45, 2.75) is 113 Å². The lowest BCUT2D eigenvalue weighted by molar-refractivity contribution is -0.186. The maximum atomic E-state index is 13.2. The van der Waals surface area contributed by atoms with Crippen LogP contribution in [0.4, 0.5) is 13.2 Å². The van der Waals surface area contributed by atoms with E-state index in [1.54, 1.807) is 8.61 Å². The van der Waals surface area contributed by atoms with E-state index in [1.165, 1.54) is 31.9 Å². The van der Waals surface area contributed by atoms with Gasteiger partial charge >= 0.3 is 12.1 Å². The minimum absolute atomic E-state index is 0.0551. The molecule has 8 rings (SSSR count). The number of alkyl halides is 3. The molecule has 5 heterocycles. The molecule has 2 saturated heterocycles. The normalized spacial score (nSPS) is 25.9. The van der Waals surface area contributed by atoms with E-state index in [9.17, 15) is 34.8 Å². The minimum atomic E-state index is -4.95. The van der Waals surface area contributed by atoms with Crippen molar-refractivity contribution in [1.82, 2.24) is 18.5 Å². The number of rotatable bonds is 3. The molecule has 2 atom stereocenters. The molecule has 15 heteroatoms. The molecule has 6 aliphatic rings. The number of amides is 1. The van der Waals surface area contributed by atoms with Gasteiger partial charge in [0.25, 0.3) is 0 Å². The molecule has 1 aromatic carbocycles. The first-order chi connectivity index (χ1) is 23.1. The SMILES string of the molecule is CC.COc1cc(S(=O)(=O)N2CC3(CCC3)CC2C)ccn1.O=C(N1CCc2ccc3c(c2C1)S(=O)(=O)N1CC2(CCC2)CC31)C(F)(F)F. The third-order valence-corrected chi connectivity index (χ3v) is 15.3. The standard InChI is InChI=1S/C18H19F3N2O3S.C14H20N2O3S.C2H6/c19-18(20,21)16(24)22-7-4-11-2-3-12-14-8-17(5-1-6-17)10-23(14)27(25,26)15(12)13(11)9-22;1-11-9-14(5-3-6-14)10-16(11)20(17,18)12-4-7-15-13(8-12)19-2;1-2/h2-3,14H,1,4-10H2;4,7-8,11H,3,5-6,9-10H2,1-2H3;1-2H3. The van der Waals surface area contributed by atoms with Gasteiger partial charge in [-0.15, -0.1) is 0 Å². The van der Waals surface area contributed by atoms with E-state index >= 15 is 0 Å². The van der Waals surface area contributed by atoms with E-state index < -0.39 is 32.1 Å². The summed E-state index contributed by atoms with van der Waals surface area (Å²) in [6.45, 7) is 6.79. The second kappa shape index (κ2) is 12.8. The van der Waals surface area contributed by atoms with Crippen molar-refractivity contribution in [3.05, 3.63) is 47.2 Å². The molecule has 2 aromatic rings. The average molecular weight is 727 g/mol. The molecule has 0 N–H and O–H groups in total. The maximum absolute atomic E-state index is 13.2. The van der Waals surface area contributed by atoms with E-state index in [0.29, 0.717) is 30.1 Å². The van der Waals surface area contributed by atoms with Crippen LogP contribution < -0.4 is 4.74 Å². The number of nitrogens with zero attached hydrogens (tertiary/aromatic N) is 4. The number of hydrogen-bond acceptors (Lipinski definition) is 7. The number of ether oxygens (including phenoxy) is 1. The molecular weight excluding hydrogens is 682 g/mol. The summed E-state index contributed by atoms with van der Waals surface area (Å²) in [7, 11) is -5.71. The van der Waals surface area contributed by atoms with Gasteiger partial charge < -0.3 is 9.64 Å². The monoisotopic (exact) mass is 726 g/mol. The van der Waals surface area contributed by atoms with Crippen molar-refractivity contribution in [2.24, 2.45) is 10.8 Å². The summed E-state index contributed by atoms with van der Waals surface area (Å²) in [5.74, 6) is -1.58. The summed E-state index contributed by atoms with van der Waals surface area (Å²) >= 11 is 0. The second-order valence-corrected chi connectivity index (χ2v) is 17.9. The van der Waals surface area contributed by atoms with Gasteiger partial charge in [0.2, 0.25) is 25.9 Å². The summed E-state index contributed by atoms with van der Waals surface area (Å²) in [6, 6.07) is 6.54. The van der Waals surface area contributed by atoms with Crippen LogP contribution in [0.1, 0.15) is 94.9 Å². The van der Waals surface area contributed by atoms with Crippen LogP contribution in [0.25, 0.3) is 0 Å². The topological polar surface area (TPSA) is 117 Å². The number of hydrogen-bond donors (Lipinski definition) is 0. The Morgan fingerprint density at radius 2 is 1.67 bits per heavy atom. The van der Waals surface area contributed by atoms with Crippen LogP contribution in [-0.2, 0) is 37.8 Å². The number of methoxy groups -OCH3 is 1. The Hall–Kier alpha value is -2.75.